The Bertz CT molecular complexity index is 1620. The van der Waals surface area contributed by atoms with Crippen LogP contribution in [0.15, 0.2) is 60.7 Å². The maximum Gasteiger partial charge on any atom is 0.331 e. The van der Waals surface area contributed by atoms with Crippen LogP contribution in [0.1, 0.15) is 120 Å². The number of carbonyl (C=O) groups is 2. The monoisotopic (exact) mass is 863 g/mol. The Morgan fingerprint density at radius 3 is 1.23 bits per heavy atom. The van der Waals surface area contributed by atoms with Crippen molar-refractivity contribution in [1.82, 2.24) is 9.80 Å². The number of ether oxygens (including phenoxy) is 8. The van der Waals surface area contributed by atoms with Crippen LogP contribution in [0.2, 0.25) is 0 Å². The highest BCUT2D eigenvalue weighted by Crippen LogP contribution is 2.40. The van der Waals surface area contributed by atoms with Crippen LogP contribution >= 0.6 is 0 Å². The minimum absolute atomic E-state index is 0.0586. The summed E-state index contributed by atoms with van der Waals surface area (Å²) >= 11 is 0. The van der Waals surface area contributed by atoms with Crippen LogP contribution in [0.5, 0.6) is 23.0 Å². The summed E-state index contributed by atoms with van der Waals surface area (Å²) < 4.78 is 48.8. The van der Waals surface area contributed by atoms with Crippen molar-refractivity contribution < 1.29 is 47.5 Å². The molecule has 0 N–H and O–H groups in total. The second kappa shape index (κ2) is 21.2. The van der Waals surface area contributed by atoms with Gasteiger partial charge >= 0.3 is 11.9 Å². The third kappa shape index (κ3) is 13.3. The summed E-state index contributed by atoms with van der Waals surface area (Å²) in [5.74, 6) is 1.03. The van der Waals surface area contributed by atoms with Crippen LogP contribution in [-0.2, 0) is 28.5 Å². The molecule has 0 aromatic heterocycles. The number of hydrogen-bond donors (Lipinski definition) is 0. The molecule has 0 saturated carbocycles. The average Bonchev–Trinajstić information content (AvgIpc) is 3.95. The van der Waals surface area contributed by atoms with E-state index in [4.69, 9.17) is 37.9 Å². The van der Waals surface area contributed by atoms with Crippen LogP contribution in [0.25, 0.3) is 0 Å². The second-order valence-corrected chi connectivity index (χ2v) is 20.0. The average molecular weight is 863 g/mol. The van der Waals surface area contributed by atoms with Gasteiger partial charge in [0.05, 0.1) is 12.2 Å². The van der Waals surface area contributed by atoms with Crippen LogP contribution in [0.4, 0.5) is 0 Å². The lowest BCUT2D eigenvalue weighted by molar-refractivity contribution is -0.152. The predicted molar refractivity (Wildman–Crippen MR) is 239 cm³/mol. The first-order chi connectivity index (χ1) is 29.5. The Morgan fingerprint density at radius 1 is 0.565 bits per heavy atom. The number of para-hydroxylation sites is 4. The first kappa shape index (κ1) is 47.6. The van der Waals surface area contributed by atoms with Crippen LogP contribution < -0.4 is 18.9 Å². The van der Waals surface area contributed by atoms with Crippen LogP contribution in [0.3, 0.4) is 0 Å². The molecule has 4 atom stereocenters. The summed E-state index contributed by atoms with van der Waals surface area (Å²) in [4.78, 5) is 32.1. The molecule has 0 aliphatic carbocycles. The van der Waals surface area contributed by atoms with E-state index < -0.39 is 24.1 Å². The Balaban J connectivity index is 1.14. The normalized spacial score (nSPS) is 24.3. The van der Waals surface area contributed by atoms with Gasteiger partial charge in [0, 0.05) is 60.6 Å². The van der Waals surface area contributed by atoms with Gasteiger partial charge in [-0.3, -0.25) is 9.80 Å². The van der Waals surface area contributed by atoms with Crippen molar-refractivity contribution in [2.45, 2.75) is 166 Å². The molecule has 4 heterocycles. The Labute approximate surface area is 370 Å². The van der Waals surface area contributed by atoms with Crippen molar-refractivity contribution in [3.8, 4) is 23.0 Å². The lowest BCUT2D eigenvalue weighted by Gasteiger charge is -2.53. The van der Waals surface area contributed by atoms with Gasteiger partial charge in [-0.25, -0.2) is 9.59 Å². The van der Waals surface area contributed by atoms with Crippen molar-refractivity contribution in [2.24, 2.45) is 0 Å². The highest BCUT2D eigenvalue weighted by Gasteiger charge is 2.44. The molecular weight excluding hydrogens is 789 g/mol. The van der Waals surface area contributed by atoms with E-state index in [1.54, 1.807) is 0 Å². The second-order valence-electron chi connectivity index (χ2n) is 20.0. The quantitative estimate of drug-likeness (QED) is 0.0937. The van der Waals surface area contributed by atoms with Gasteiger partial charge in [-0.1, -0.05) is 24.3 Å². The van der Waals surface area contributed by atoms with Gasteiger partial charge in [0.15, 0.2) is 23.0 Å². The summed E-state index contributed by atoms with van der Waals surface area (Å²) in [6, 6.07) is 15.1. The molecule has 0 radical (unpaired) electrons. The highest BCUT2D eigenvalue weighted by molar-refractivity contribution is 5.91. The number of nitrogens with zero attached hydrogens (tertiary/aromatic N) is 2. The van der Waals surface area contributed by atoms with Crippen molar-refractivity contribution in [3.05, 3.63) is 60.7 Å². The van der Waals surface area contributed by atoms with E-state index in [0.29, 0.717) is 49.3 Å². The molecule has 0 amide bonds. The number of hydrogen-bond acceptors (Lipinski definition) is 12. The van der Waals surface area contributed by atoms with Gasteiger partial charge in [-0.05, 0) is 144 Å². The lowest BCUT2D eigenvalue weighted by atomic mass is 9.79. The van der Waals surface area contributed by atoms with Gasteiger partial charge in [0.2, 0.25) is 0 Å². The minimum Gasteiger partial charge on any atom is -0.487 e. The van der Waals surface area contributed by atoms with Crippen LogP contribution in [-0.4, -0.2) is 121 Å². The molecule has 6 rings (SSSR count). The fourth-order valence-electron chi connectivity index (χ4n) is 9.93. The smallest absolute Gasteiger partial charge is 0.331 e. The molecule has 0 spiro atoms. The number of esters is 2. The van der Waals surface area contributed by atoms with Gasteiger partial charge < -0.3 is 37.9 Å². The van der Waals surface area contributed by atoms with Crippen molar-refractivity contribution in [1.29, 1.82) is 0 Å². The number of piperidine rings is 2. The molecule has 4 aliphatic rings. The third-order valence-corrected chi connectivity index (χ3v) is 13.2. The Hall–Kier alpha value is -3.84. The molecule has 4 fully saturated rings. The zero-order valence-electron chi connectivity index (χ0n) is 38.8. The van der Waals surface area contributed by atoms with E-state index in [2.05, 4.69) is 65.2 Å². The van der Waals surface area contributed by atoms with Crippen molar-refractivity contribution >= 4 is 11.9 Å². The zero-order chi connectivity index (χ0) is 44.4. The molecule has 4 aliphatic heterocycles. The number of benzene rings is 2. The summed E-state index contributed by atoms with van der Waals surface area (Å²) in [5, 5.41) is 0. The number of rotatable bonds is 20. The van der Waals surface area contributed by atoms with Crippen molar-refractivity contribution in [2.75, 3.05) is 52.7 Å². The van der Waals surface area contributed by atoms with E-state index in [-0.39, 0.29) is 47.6 Å². The predicted octanol–water partition coefficient (Wildman–Crippen LogP) is 8.73. The van der Waals surface area contributed by atoms with E-state index in [9.17, 15) is 9.59 Å². The molecule has 12 heteroatoms. The molecule has 12 nitrogen and oxygen atoms in total. The Kier molecular flexibility index (Phi) is 16.3. The van der Waals surface area contributed by atoms with Gasteiger partial charge in [0.1, 0.15) is 38.6 Å². The van der Waals surface area contributed by atoms with E-state index in [1.807, 2.05) is 48.5 Å². The summed E-state index contributed by atoms with van der Waals surface area (Å²) in [6.45, 7) is 21.4. The highest BCUT2D eigenvalue weighted by atomic mass is 16.6. The first-order valence-corrected chi connectivity index (χ1v) is 23.1. The lowest BCUT2D eigenvalue weighted by Crippen LogP contribution is -2.61. The summed E-state index contributed by atoms with van der Waals surface area (Å²) in [7, 11) is 0. The van der Waals surface area contributed by atoms with E-state index in [1.165, 1.54) is 0 Å². The van der Waals surface area contributed by atoms with Gasteiger partial charge in [0.25, 0.3) is 0 Å². The molecule has 62 heavy (non-hydrogen) atoms. The minimum atomic E-state index is -0.658. The van der Waals surface area contributed by atoms with Gasteiger partial charge in [-0.15, -0.1) is 0 Å². The fourth-order valence-corrected chi connectivity index (χ4v) is 9.93. The van der Waals surface area contributed by atoms with Crippen molar-refractivity contribution in [3.63, 3.8) is 0 Å². The summed E-state index contributed by atoms with van der Waals surface area (Å²) in [5.41, 5.74) is -0.500. The SMILES string of the molecule is CC1(C)CCCC(C)(C)N1CC(COc1ccccc1OCC1CCCO1)OC(=O)/C=C/C(=O)OC(COc1ccccc1OCC1CCCO1)CN1C(C)(C)CCCC1(C)C. The first-order valence-electron chi connectivity index (χ1n) is 23.1. The molecule has 4 unspecified atom stereocenters. The molecule has 344 valence electrons. The van der Waals surface area contributed by atoms with Gasteiger partial charge in [-0.2, -0.15) is 0 Å². The zero-order valence-corrected chi connectivity index (χ0v) is 38.8. The van der Waals surface area contributed by atoms with E-state index >= 15 is 0 Å². The number of likely N-dealkylation sites (tertiary alicyclic amines) is 2. The maximum atomic E-state index is 13.6. The maximum absolute atomic E-state index is 13.6. The number of carbonyl (C=O) groups excluding carboxylic acids is 2. The summed E-state index contributed by atoms with van der Waals surface area (Å²) in [6.07, 6.45) is 11.4. The standard InChI is InChI=1S/C50H74N2O10/c1-47(2)25-15-26-48(3,4)51(47)31-39(35-59-43-21-11-9-19-41(43)57-33-37-17-13-29-55-37)61-45(53)23-24-46(54)62-40(32-52-49(5,6)27-16-28-50(52,7)8)36-60-44-22-12-10-20-42(44)58-34-38-18-14-30-56-38/h9-12,19-24,37-40H,13-18,25-36H2,1-8H3/b24-23+. The largest absolute Gasteiger partial charge is 0.487 e. The Morgan fingerprint density at radius 2 is 0.903 bits per heavy atom. The van der Waals surface area contributed by atoms with Crippen LogP contribution in [0, 0.1) is 0 Å². The molecule has 0 bridgehead atoms. The molecular formula is C50H74N2O10. The molecule has 4 saturated heterocycles. The molecule has 2 aromatic rings. The molecule has 2 aromatic carbocycles. The third-order valence-electron chi connectivity index (χ3n) is 13.2. The topological polar surface area (TPSA) is 114 Å². The fraction of sp³-hybridized carbons (Fsp3) is 0.680. The van der Waals surface area contributed by atoms with E-state index in [0.717, 1.165) is 89.6 Å².